The molecule has 1 aromatic carbocycles. The van der Waals surface area contributed by atoms with Crippen LogP contribution in [-0.4, -0.2) is 31.3 Å². The summed E-state index contributed by atoms with van der Waals surface area (Å²) in [7, 11) is 0. The van der Waals surface area contributed by atoms with Crippen molar-refractivity contribution in [2.45, 2.75) is 34.1 Å². The molecular weight excluding hydrogens is 355 g/mol. The molecule has 0 aromatic heterocycles. The Kier molecular flexibility index (Phi) is 12.9. The molecule has 0 spiro atoms. The van der Waals surface area contributed by atoms with Crippen molar-refractivity contribution in [3.8, 4) is 0 Å². The number of allylic oxidation sites excluding steroid dienone is 5. The lowest BCUT2D eigenvalue weighted by molar-refractivity contribution is 0.0954. The van der Waals surface area contributed by atoms with E-state index >= 15 is 0 Å². The summed E-state index contributed by atoms with van der Waals surface area (Å²) in [4.78, 5) is 12.3. The lowest BCUT2D eigenvalue weighted by Crippen LogP contribution is -2.32. The first-order chi connectivity index (χ1) is 13.4. The van der Waals surface area contributed by atoms with Gasteiger partial charge in [0.05, 0.1) is 5.71 Å². The third-order valence-electron chi connectivity index (χ3n) is 3.55. The van der Waals surface area contributed by atoms with Gasteiger partial charge in [0, 0.05) is 35.5 Å². The number of amides is 1. The van der Waals surface area contributed by atoms with Gasteiger partial charge in [-0.2, -0.15) is 0 Å². The van der Waals surface area contributed by atoms with Gasteiger partial charge in [-0.15, -0.1) is 0 Å². The molecule has 6 heteroatoms. The number of anilines is 1. The van der Waals surface area contributed by atoms with Crippen molar-refractivity contribution in [3.63, 3.8) is 0 Å². The van der Waals surface area contributed by atoms with Gasteiger partial charge in [0.15, 0.2) is 0 Å². The highest BCUT2D eigenvalue weighted by atomic mass is 19.1. The number of hydrogen-bond donors (Lipinski definition) is 4. The van der Waals surface area contributed by atoms with E-state index in [9.17, 15) is 9.18 Å². The monoisotopic (exact) mass is 388 g/mol. The van der Waals surface area contributed by atoms with Crippen LogP contribution in [0, 0.1) is 5.41 Å². The second-order valence-corrected chi connectivity index (χ2v) is 5.73. The molecule has 5 nitrogen and oxygen atoms in total. The standard InChI is InChI=1S/C20H27FN4O.C2H6/c1-4-6-15(12-14(3)21)19(23)17-13-16(7-8-18(17)22)20(26)25-11-10-24-9-5-2;1-2/h4,6-8,12-13,23-24H,3,5,9-11,22H2,1-2H3,(H,25,26);1-2H3/b6-4-,15-12+,23-19?;. The number of hydrogen-bond acceptors (Lipinski definition) is 4. The number of nitrogens with two attached hydrogens (primary N) is 1. The summed E-state index contributed by atoms with van der Waals surface area (Å²) in [6.07, 6.45) is 5.48. The number of rotatable bonds is 10. The van der Waals surface area contributed by atoms with Gasteiger partial charge in [-0.05, 0) is 44.2 Å². The van der Waals surface area contributed by atoms with Crippen molar-refractivity contribution in [2.75, 3.05) is 25.4 Å². The Morgan fingerprint density at radius 3 is 2.54 bits per heavy atom. The van der Waals surface area contributed by atoms with Gasteiger partial charge in [-0.1, -0.05) is 39.5 Å². The van der Waals surface area contributed by atoms with E-state index in [1.54, 1.807) is 37.3 Å². The van der Waals surface area contributed by atoms with Gasteiger partial charge >= 0.3 is 0 Å². The maximum atomic E-state index is 13.2. The molecule has 1 rings (SSSR count). The van der Waals surface area contributed by atoms with Gasteiger partial charge in [0.2, 0.25) is 0 Å². The Labute approximate surface area is 168 Å². The highest BCUT2D eigenvalue weighted by molar-refractivity contribution is 6.16. The van der Waals surface area contributed by atoms with Crippen LogP contribution in [0.1, 0.15) is 50.0 Å². The number of nitrogen functional groups attached to an aromatic ring is 1. The van der Waals surface area contributed by atoms with Gasteiger partial charge in [-0.25, -0.2) is 4.39 Å². The second kappa shape index (κ2) is 14.3. The largest absolute Gasteiger partial charge is 0.398 e. The van der Waals surface area contributed by atoms with Crippen LogP contribution in [0.2, 0.25) is 0 Å². The fourth-order valence-corrected chi connectivity index (χ4v) is 2.29. The number of halogens is 1. The summed E-state index contributed by atoms with van der Waals surface area (Å²) in [6.45, 7) is 13.1. The molecule has 1 amide bonds. The van der Waals surface area contributed by atoms with Crippen molar-refractivity contribution in [3.05, 3.63) is 65.5 Å². The molecule has 0 fully saturated rings. The predicted octanol–water partition coefficient (Wildman–Crippen LogP) is 4.38. The van der Waals surface area contributed by atoms with E-state index in [4.69, 9.17) is 11.1 Å². The van der Waals surface area contributed by atoms with E-state index in [-0.39, 0.29) is 11.6 Å². The number of carbonyl (C=O) groups excluding carboxylic acids is 1. The molecule has 0 aliphatic heterocycles. The van der Waals surface area contributed by atoms with Crippen LogP contribution in [0.3, 0.4) is 0 Å². The van der Waals surface area contributed by atoms with Crippen LogP contribution < -0.4 is 16.4 Å². The smallest absolute Gasteiger partial charge is 0.251 e. The first-order valence-corrected chi connectivity index (χ1v) is 9.57. The maximum absolute atomic E-state index is 13.2. The summed E-state index contributed by atoms with van der Waals surface area (Å²) in [5, 5.41) is 14.3. The van der Waals surface area contributed by atoms with Crippen LogP contribution in [-0.2, 0) is 0 Å². The molecular formula is C22H33FN4O. The zero-order valence-electron chi connectivity index (χ0n) is 17.4. The Morgan fingerprint density at radius 1 is 1.29 bits per heavy atom. The van der Waals surface area contributed by atoms with Crippen molar-refractivity contribution >= 4 is 17.3 Å². The SMILES string of the molecule is C=C(F)/C=C(\C=C/C)C(=N)c1cc(C(=O)NCCNCCC)ccc1N.CC. The molecule has 0 heterocycles. The second-order valence-electron chi connectivity index (χ2n) is 5.73. The molecule has 0 aliphatic carbocycles. The zero-order chi connectivity index (χ0) is 21.5. The van der Waals surface area contributed by atoms with E-state index in [1.165, 1.54) is 0 Å². The minimum atomic E-state index is -0.658. The summed E-state index contributed by atoms with van der Waals surface area (Å²) >= 11 is 0. The number of carbonyl (C=O) groups is 1. The topological polar surface area (TPSA) is 91.0 Å². The van der Waals surface area contributed by atoms with Crippen LogP contribution >= 0.6 is 0 Å². The van der Waals surface area contributed by atoms with Crippen molar-refractivity contribution in [1.29, 1.82) is 5.41 Å². The van der Waals surface area contributed by atoms with Crippen LogP contribution in [0.4, 0.5) is 10.1 Å². The normalized spacial score (nSPS) is 11.0. The first-order valence-electron chi connectivity index (χ1n) is 9.57. The molecule has 0 saturated heterocycles. The van der Waals surface area contributed by atoms with E-state index in [2.05, 4.69) is 24.1 Å². The number of benzene rings is 1. The fourth-order valence-electron chi connectivity index (χ4n) is 2.29. The average molecular weight is 389 g/mol. The maximum Gasteiger partial charge on any atom is 0.251 e. The van der Waals surface area contributed by atoms with Gasteiger partial charge in [0.1, 0.15) is 5.83 Å². The van der Waals surface area contributed by atoms with Crippen LogP contribution in [0.15, 0.2) is 54.4 Å². The van der Waals surface area contributed by atoms with Crippen LogP contribution in [0.5, 0.6) is 0 Å². The van der Waals surface area contributed by atoms with Gasteiger partial charge in [0.25, 0.3) is 5.91 Å². The lowest BCUT2D eigenvalue weighted by atomic mass is 9.97. The average Bonchev–Trinajstić information content (AvgIpc) is 2.68. The number of nitrogens with one attached hydrogen (secondary N) is 3. The molecule has 0 unspecified atom stereocenters. The van der Waals surface area contributed by atoms with Gasteiger partial charge < -0.3 is 16.4 Å². The molecule has 1 aromatic rings. The van der Waals surface area contributed by atoms with E-state index < -0.39 is 5.83 Å². The summed E-state index contributed by atoms with van der Waals surface area (Å²) in [5.41, 5.74) is 7.42. The Bertz CT molecular complexity index is 723. The molecule has 0 atom stereocenters. The molecule has 28 heavy (non-hydrogen) atoms. The third kappa shape index (κ3) is 8.77. The minimum absolute atomic E-state index is 0.0265. The van der Waals surface area contributed by atoms with Crippen molar-refractivity contribution in [2.24, 2.45) is 0 Å². The summed E-state index contributed by atoms with van der Waals surface area (Å²) in [6, 6.07) is 4.73. The van der Waals surface area contributed by atoms with E-state index in [0.717, 1.165) is 19.0 Å². The molecule has 5 N–H and O–H groups in total. The summed E-state index contributed by atoms with van der Waals surface area (Å²) in [5.74, 6) is -0.904. The predicted molar refractivity (Wildman–Crippen MR) is 118 cm³/mol. The van der Waals surface area contributed by atoms with Crippen LogP contribution in [0.25, 0.3) is 0 Å². The summed E-state index contributed by atoms with van der Waals surface area (Å²) < 4.78 is 13.2. The Balaban J connectivity index is 0.00000352. The van der Waals surface area contributed by atoms with E-state index in [1.807, 2.05) is 13.8 Å². The lowest BCUT2D eigenvalue weighted by Gasteiger charge is -2.12. The quantitative estimate of drug-likeness (QED) is 0.207. The molecule has 0 radical (unpaired) electrons. The molecule has 0 bridgehead atoms. The zero-order valence-corrected chi connectivity index (χ0v) is 17.4. The Morgan fingerprint density at radius 2 is 1.96 bits per heavy atom. The van der Waals surface area contributed by atoms with Crippen molar-refractivity contribution < 1.29 is 9.18 Å². The fraction of sp³-hybridized carbons (Fsp3) is 0.364. The minimum Gasteiger partial charge on any atom is -0.398 e. The van der Waals surface area contributed by atoms with Gasteiger partial charge in [-0.3, -0.25) is 10.2 Å². The molecule has 0 saturated carbocycles. The highest BCUT2D eigenvalue weighted by Crippen LogP contribution is 2.20. The molecule has 0 aliphatic rings. The highest BCUT2D eigenvalue weighted by Gasteiger charge is 2.13. The Hall–Kier alpha value is -2.73. The molecule has 154 valence electrons. The van der Waals surface area contributed by atoms with Crippen molar-refractivity contribution in [1.82, 2.24) is 10.6 Å². The first kappa shape index (κ1) is 25.3. The van der Waals surface area contributed by atoms with E-state index in [0.29, 0.717) is 35.5 Å². The third-order valence-corrected chi connectivity index (χ3v) is 3.55.